The summed E-state index contributed by atoms with van der Waals surface area (Å²) in [7, 11) is 3.10. The van der Waals surface area contributed by atoms with Crippen molar-refractivity contribution in [2.75, 3.05) is 20.8 Å². The third kappa shape index (κ3) is 1.37. The average Bonchev–Trinajstić information content (AvgIpc) is 2.40. The molecule has 0 aliphatic carbocycles. The molecule has 0 saturated carbocycles. The van der Waals surface area contributed by atoms with Gasteiger partial charge in [0.2, 0.25) is 0 Å². The number of ether oxygens (including phenoxy) is 4. The lowest BCUT2D eigenvalue weighted by Gasteiger charge is -2.36. The van der Waals surface area contributed by atoms with Gasteiger partial charge in [-0.2, -0.15) is 0 Å². The van der Waals surface area contributed by atoms with Gasteiger partial charge in [0.1, 0.15) is 24.4 Å². The molecule has 0 spiro atoms. The molecule has 5 heteroatoms. The number of methoxy groups -OCH3 is 2. The van der Waals surface area contributed by atoms with E-state index in [4.69, 9.17) is 18.9 Å². The van der Waals surface area contributed by atoms with Gasteiger partial charge in [-0.15, -0.1) is 0 Å². The van der Waals surface area contributed by atoms with Crippen LogP contribution in [0, 0.1) is 0 Å². The first-order valence-corrected chi connectivity index (χ1v) is 4.28. The molecule has 2 heterocycles. The highest BCUT2D eigenvalue weighted by Gasteiger charge is 2.51. The molecule has 5 nitrogen and oxygen atoms in total. The Labute approximate surface area is 76.5 Å². The van der Waals surface area contributed by atoms with E-state index in [2.05, 4.69) is 0 Å². The number of aliphatic hydroxyl groups is 1. The highest BCUT2D eigenvalue weighted by Crippen LogP contribution is 2.31. The summed E-state index contributed by atoms with van der Waals surface area (Å²) in [5, 5.41) is 9.64. The first kappa shape index (κ1) is 9.36. The molecule has 2 saturated heterocycles. The monoisotopic (exact) mass is 190 g/mol. The molecule has 0 aromatic heterocycles. The van der Waals surface area contributed by atoms with E-state index in [0.717, 1.165) is 0 Å². The molecule has 2 fully saturated rings. The highest BCUT2D eigenvalue weighted by molar-refractivity contribution is 4.95. The summed E-state index contributed by atoms with van der Waals surface area (Å²) in [6.07, 6.45) is -1.99. The maximum atomic E-state index is 9.64. The number of rotatable bonds is 2. The van der Waals surface area contributed by atoms with Gasteiger partial charge in [0.15, 0.2) is 6.29 Å². The van der Waals surface area contributed by atoms with Crippen molar-refractivity contribution >= 4 is 0 Å². The minimum atomic E-state index is -0.601. The minimum Gasteiger partial charge on any atom is -0.387 e. The summed E-state index contributed by atoms with van der Waals surface area (Å²) < 4.78 is 21.0. The van der Waals surface area contributed by atoms with Gasteiger partial charge >= 0.3 is 0 Å². The van der Waals surface area contributed by atoms with Gasteiger partial charge in [-0.3, -0.25) is 0 Å². The lowest BCUT2D eigenvalue weighted by Crippen LogP contribution is -2.54. The smallest absolute Gasteiger partial charge is 0.186 e. The topological polar surface area (TPSA) is 57.2 Å². The molecule has 2 aliphatic rings. The third-order valence-electron chi connectivity index (χ3n) is 2.58. The van der Waals surface area contributed by atoms with E-state index in [-0.39, 0.29) is 18.3 Å². The Bertz CT molecular complexity index is 185. The van der Waals surface area contributed by atoms with E-state index in [0.29, 0.717) is 6.61 Å². The van der Waals surface area contributed by atoms with E-state index in [1.165, 1.54) is 0 Å². The molecule has 0 unspecified atom stereocenters. The van der Waals surface area contributed by atoms with Crippen LogP contribution in [-0.4, -0.2) is 56.6 Å². The van der Waals surface area contributed by atoms with E-state index in [1.807, 2.05) is 0 Å². The van der Waals surface area contributed by atoms with Crippen molar-refractivity contribution in [3.63, 3.8) is 0 Å². The largest absolute Gasteiger partial charge is 0.387 e. The Morgan fingerprint density at radius 3 is 2.69 bits per heavy atom. The average molecular weight is 190 g/mol. The summed E-state index contributed by atoms with van der Waals surface area (Å²) >= 11 is 0. The van der Waals surface area contributed by atoms with Crippen molar-refractivity contribution in [1.29, 1.82) is 0 Å². The van der Waals surface area contributed by atoms with Crippen LogP contribution >= 0.6 is 0 Å². The van der Waals surface area contributed by atoms with Gasteiger partial charge in [-0.25, -0.2) is 0 Å². The van der Waals surface area contributed by atoms with Crippen molar-refractivity contribution in [1.82, 2.24) is 0 Å². The zero-order valence-electron chi connectivity index (χ0n) is 7.67. The Kier molecular flexibility index (Phi) is 2.53. The standard InChI is InChI=1S/C8H14O5/c1-10-7-6-5(9)4(3-12-6)13-8(7)11-2/h4-9H,3H2,1-2H3/t4-,5-,6+,7-,8+/m1/s1. The van der Waals surface area contributed by atoms with Crippen LogP contribution in [-0.2, 0) is 18.9 Å². The first-order chi connectivity index (χ1) is 6.27. The highest BCUT2D eigenvalue weighted by atomic mass is 16.7. The summed E-state index contributed by atoms with van der Waals surface area (Å²) in [6.45, 7) is 0.408. The number of aliphatic hydroxyl groups excluding tert-OH is 1. The molecule has 2 rings (SSSR count). The Hall–Kier alpha value is -0.200. The van der Waals surface area contributed by atoms with Gasteiger partial charge in [0, 0.05) is 14.2 Å². The molecular weight excluding hydrogens is 176 g/mol. The summed E-state index contributed by atoms with van der Waals surface area (Å²) in [5.74, 6) is 0. The maximum Gasteiger partial charge on any atom is 0.186 e. The van der Waals surface area contributed by atoms with Gasteiger partial charge in [0.05, 0.1) is 6.61 Å². The number of hydrogen-bond donors (Lipinski definition) is 1. The van der Waals surface area contributed by atoms with Crippen LogP contribution in [0.25, 0.3) is 0 Å². The van der Waals surface area contributed by atoms with Crippen molar-refractivity contribution in [2.24, 2.45) is 0 Å². The van der Waals surface area contributed by atoms with E-state index >= 15 is 0 Å². The number of hydrogen-bond acceptors (Lipinski definition) is 5. The van der Waals surface area contributed by atoms with Gasteiger partial charge in [0.25, 0.3) is 0 Å². The van der Waals surface area contributed by atoms with Crippen LogP contribution in [0.2, 0.25) is 0 Å². The van der Waals surface area contributed by atoms with E-state index in [9.17, 15) is 5.11 Å². The lowest BCUT2D eigenvalue weighted by atomic mass is 10.0. The Morgan fingerprint density at radius 2 is 2.08 bits per heavy atom. The number of fused-ring (bicyclic) bond motifs is 2. The van der Waals surface area contributed by atoms with E-state index < -0.39 is 12.4 Å². The minimum absolute atomic E-state index is 0.277. The van der Waals surface area contributed by atoms with Gasteiger partial charge < -0.3 is 24.1 Å². The fourth-order valence-corrected chi connectivity index (χ4v) is 1.86. The fourth-order valence-electron chi connectivity index (χ4n) is 1.86. The van der Waals surface area contributed by atoms with E-state index in [1.54, 1.807) is 14.2 Å². The van der Waals surface area contributed by atoms with Crippen LogP contribution < -0.4 is 0 Å². The Morgan fingerprint density at radius 1 is 1.31 bits per heavy atom. The van der Waals surface area contributed by atoms with Crippen molar-refractivity contribution in [3.05, 3.63) is 0 Å². The second kappa shape index (κ2) is 3.51. The van der Waals surface area contributed by atoms with Crippen LogP contribution in [0.4, 0.5) is 0 Å². The molecule has 0 aromatic carbocycles. The summed E-state index contributed by atoms with van der Waals surface area (Å²) in [5.41, 5.74) is 0. The molecule has 76 valence electrons. The van der Waals surface area contributed by atoms with Crippen molar-refractivity contribution in [3.8, 4) is 0 Å². The molecule has 5 atom stereocenters. The molecule has 2 aliphatic heterocycles. The molecule has 0 amide bonds. The molecular formula is C8H14O5. The van der Waals surface area contributed by atoms with Gasteiger partial charge in [-0.1, -0.05) is 0 Å². The molecule has 13 heavy (non-hydrogen) atoms. The molecule has 2 bridgehead atoms. The van der Waals surface area contributed by atoms with Crippen LogP contribution in [0.3, 0.4) is 0 Å². The normalized spacial score (nSPS) is 49.6. The van der Waals surface area contributed by atoms with Crippen LogP contribution in [0.5, 0.6) is 0 Å². The quantitative estimate of drug-likeness (QED) is 0.613. The molecule has 1 N–H and O–H groups in total. The lowest BCUT2D eigenvalue weighted by molar-refractivity contribution is -0.259. The second-order valence-electron chi connectivity index (χ2n) is 3.27. The zero-order valence-corrected chi connectivity index (χ0v) is 7.67. The molecule has 0 radical (unpaired) electrons. The van der Waals surface area contributed by atoms with Gasteiger partial charge in [-0.05, 0) is 0 Å². The van der Waals surface area contributed by atoms with Crippen molar-refractivity contribution < 1.29 is 24.1 Å². The Balaban J connectivity index is 2.13. The fraction of sp³-hybridized carbons (Fsp3) is 1.00. The summed E-state index contributed by atoms with van der Waals surface area (Å²) in [6, 6.07) is 0. The SMILES string of the molecule is CO[C@H]1O[C@@H]2CO[C@@H]([C@@H]2O)[C@H]1OC. The zero-order chi connectivity index (χ0) is 9.42. The third-order valence-corrected chi connectivity index (χ3v) is 2.58. The second-order valence-corrected chi connectivity index (χ2v) is 3.27. The first-order valence-electron chi connectivity index (χ1n) is 4.28. The predicted octanol–water partition coefficient (Wildman–Crippen LogP) is -0.868. The van der Waals surface area contributed by atoms with Crippen LogP contribution in [0.15, 0.2) is 0 Å². The van der Waals surface area contributed by atoms with Crippen molar-refractivity contribution in [2.45, 2.75) is 30.7 Å². The maximum absolute atomic E-state index is 9.64. The van der Waals surface area contributed by atoms with Crippen LogP contribution in [0.1, 0.15) is 0 Å². The summed E-state index contributed by atoms with van der Waals surface area (Å²) in [4.78, 5) is 0. The predicted molar refractivity (Wildman–Crippen MR) is 42.2 cm³/mol. The molecule has 0 aromatic rings.